The standard InChI is InChI=1S/C18H14F2N2O3/c19-14-5-13(6-15(20)9-14)8-17(23)22-16(18(24)25)7-11-1-3-12(10-21)4-2-11/h1-6,9,16H,7-8H2,(H,22,23)(H,24,25)/t16-/m0/s1. The number of hydrogen-bond donors (Lipinski definition) is 2. The van der Waals surface area contributed by atoms with Crippen LogP contribution >= 0.6 is 0 Å². The van der Waals surface area contributed by atoms with Gasteiger partial charge in [-0.25, -0.2) is 13.6 Å². The maximum atomic E-state index is 13.1. The number of carbonyl (C=O) groups excluding carboxylic acids is 1. The van der Waals surface area contributed by atoms with E-state index < -0.39 is 29.6 Å². The molecule has 0 spiro atoms. The summed E-state index contributed by atoms with van der Waals surface area (Å²) in [6.07, 6.45) is -0.323. The zero-order valence-electron chi connectivity index (χ0n) is 13.0. The lowest BCUT2D eigenvalue weighted by atomic mass is 10.0. The van der Waals surface area contributed by atoms with E-state index in [0.717, 1.165) is 12.1 Å². The molecule has 7 heteroatoms. The highest BCUT2D eigenvalue weighted by molar-refractivity contribution is 5.85. The van der Waals surface area contributed by atoms with E-state index in [-0.39, 0.29) is 18.4 Å². The maximum absolute atomic E-state index is 13.1. The van der Waals surface area contributed by atoms with Crippen molar-refractivity contribution in [2.45, 2.75) is 18.9 Å². The molecule has 0 unspecified atom stereocenters. The third-order valence-electron chi connectivity index (χ3n) is 3.44. The van der Waals surface area contributed by atoms with Crippen LogP contribution in [0.2, 0.25) is 0 Å². The SMILES string of the molecule is N#Cc1ccc(C[C@H](NC(=O)Cc2cc(F)cc(F)c2)C(=O)O)cc1. The molecular formula is C18H14F2N2O3. The van der Waals surface area contributed by atoms with Crippen LogP contribution in [-0.4, -0.2) is 23.0 Å². The average Bonchev–Trinajstić information content (AvgIpc) is 2.53. The van der Waals surface area contributed by atoms with Gasteiger partial charge in [0.1, 0.15) is 17.7 Å². The Hall–Kier alpha value is -3.27. The van der Waals surface area contributed by atoms with E-state index >= 15 is 0 Å². The number of nitrogens with zero attached hydrogens (tertiary/aromatic N) is 1. The smallest absolute Gasteiger partial charge is 0.326 e. The molecule has 128 valence electrons. The Kier molecular flexibility index (Phi) is 5.79. The summed E-state index contributed by atoms with van der Waals surface area (Å²) in [6, 6.07) is 9.76. The van der Waals surface area contributed by atoms with Crippen LogP contribution in [0.15, 0.2) is 42.5 Å². The van der Waals surface area contributed by atoms with Gasteiger partial charge in [0.15, 0.2) is 0 Å². The van der Waals surface area contributed by atoms with Gasteiger partial charge < -0.3 is 10.4 Å². The first-order valence-electron chi connectivity index (χ1n) is 7.33. The zero-order valence-corrected chi connectivity index (χ0v) is 13.0. The van der Waals surface area contributed by atoms with Gasteiger partial charge in [0, 0.05) is 12.5 Å². The van der Waals surface area contributed by atoms with E-state index in [0.29, 0.717) is 17.2 Å². The van der Waals surface area contributed by atoms with Crippen molar-refractivity contribution in [3.05, 3.63) is 70.8 Å². The van der Waals surface area contributed by atoms with Gasteiger partial charge in [0.05, 0.1) is 18.1 Å². The maximum Gasteiger partial charge on any atom is 0.326 e. The summed E-state index contributed by atoms with van der Waals surface area (Å²) in [5, 5.41) is 20.3. The molecule has 1 amide bonds. The largest absolute Gasteiger partial charge is 0.480 e. The van der Waals surface area contributed by atoms with Gasteiger partial charge in [-0.15, -0.1) is 0 Å². The summed E-state index contributed by atoms with van der Waals surface area (Å²) in [6.45, 7) is 0. The summed E-state index contributed by atoms with van der Waals surface area (Å²) >= 11 is 0. The first-order chi connectivity index (χ1) is 11.9. The fourth-order valence-corrected chi connectivity index (χ4v) is 2.29. The summed E-state index contributed by atoms with van der Waals surface area (Å²) in [5.41, 5.74) is 1.17. The van der Waals surface area contributed by atoms with Crippen molar-refractivity contribution in [1.29, 1.82) is 5.26 Å². The van der Waals surface area contributed by atoms with Crippen molar-refractivity contribution < 1.29 is 23.5 Å². The van der Waals surface area contributed by atoms with Gasteiger partial charge in [-0.05, 0) is 35.4 Å². The number of amides is 1. The second-order valence-corrected chi connectivity index (χ2v) is 5.43. The van der Waals surface area contributed by atoms with E-state index in [1.54, 1.807) is 24.3 Å². The van der Waals surface area contributed by atoms with Gasteiger partial charge in [-0.1, -0.05) is 12.1 Å². The molecule has 0 bridgehead atoms. The number of carboxylic acids is 1. The van der Waals surface area contributed by atoms with Crippen LogP contribution in [0.3, 0.4) is 0 Å². The summed E-state index contributed by atoms with van der Waals surface area (Å²) in [7, 11) is 0. The van der Waals surface area contributed by atoms with E-state index in [4.69, 9.17) is 5.26 Å². The molecule has 2 N–H and O–H groups in total. The minimum atomic E-state index is -1.23. The molecule has 2 rings (SSSR count). The number of aliphatic carboxylic acids is 1. The van der Waals surface area contributed by atoms with Crippen LogP contribution in [0, 0.1) is 23.0 Å². The number of hydrogen-bond acceptors (Lipinski definition) is 3. The normalized spacial score (nSPS) is 11.4. The quantitative estimate of drug-likeness (QED) is 0.840. The second-order valence-electron chi connectivity index (χ2n) is 5.43. The summed E-state index contributed by atoms with van der Waals surface area (Å²) in [4.78, 5) is 23.3. The molecule has 2 aromatic carbocycles. The Balaban J connectivity index is 2.03. The summed E-state index contributed by atoms with van der Waals surface area (Å²) in [5.74, 6) is -3.51. The van der Waals surface area contributed by atoms with Gasteiger partial charge in [0.25, 0.3) is 0 Å². The highest BCUT2D eigenvalue weighted by atomic mass is 19.1. The minimum absolute atomic E-state index is 0.0181. The lowest BCUT2D eigenvalue weighted by Crippen LogP contribution is -2.43. The van der Waals surface area contributed by atoms with E-state index in [9.17, 15) is 23.5 Å². The molecule has 0 aliphatic carbocycles. The molecule has 5 nitrogen and oxygen atoms in total. The molecule has 0 aliphatic rings. The van der Waals surface area contributed by atoms with E-state index in [1.807, 2.05) is 6.07 Å². The fraction of sp³-hybridized carbons (Fsp3) is 0.167. The van der Waals surface area contributed by atoms with Crippen LogP contribution in [0.25, 0.3) is 0 Å². The molecule has 0 aliphatic heterocycles. The Labute approximate surface area is 142 Å². The van der Waals surface area contributed by atoms with Crippen LogP contribution < -0.4 is 5.32 Å². The third-order valence-corrected chi connectivity index (χ3v) is 3.44. The van der Waals surface area contributed by atoms with E-state index in [2.05, 4.69) is 5.32 Å². The van der Waals surface area contributed by atoms with Crippen molar-refractivity contribution >= 4 is 11.9 Å². The second kappa shape index (κ2) is 8.02. The van der Waals surface area contributed by atoms with Gasteiger partial charge in [0.2, 0.25) is 5.91 Å². The van der Waals surface area contributed by atoms with Crippen molar-refractivity contribution in [3.8, 4) is 6.07 Å². The zero-order chi connectivity index (χ0) is 18.4. The van der Waals surface area contributed by atoms with Gasteiger partial charge in [-0.2, -0.15) is 5.26 Å². The molecule has 0 aromatic heterocycles. The molecule has 0 fully saturated rings. The van der Waals surface area contributed by atoms with Crippen LogP contribution in [-0.2, 0) is 22.4 Å². The predicted octanol–water partition coefficient (Wildman–Crippen LogP) is 2.19. The van der Waals surface area contributed by atoms with Crippen molar-refractivity contribution in [1.82, 2.24) is 5.32 Å². The number of rotatable bonds is 6. The molecule has 0 saturated carbocycles. The van der Waals surface area contributed by atoms with E-state index in [1.165, 1.54) is 0 Å². The third kappa shape index (κ3) is 5.39. The molecule has 0 radical (unpaired) electrons. The Bertz CT molecular complexity index is 809. The Morgan fingerprint density at radius 1 is 1.08 bits per heavy atom. The number of benzene rings is 2. The Morgan fingerprint density at radius 2 is 1.68 bits per heavy atom. The molecule has 1 atom stereocenters. The number of carboxylic acid groups (broad SMARTS) is 1. The topological polar surface area (TPSA) is 90.2 Å². The summed E-state index contributed by atoms with van der Waals surface area (Å²) < 4.78 is 26.3. The fourth-order valence-electron chi connectivity index (χ4n) is 2.29. The van der Waals surface area contributed by atoms with Gasteiger partial charge in [-0.3, -0.25) is 4.79 Å². The highest BCUT2D eigenvalue weighted by Crippen LogP contribution is 2.10. The molecule has 25 heavy (non-hydrogen) atoms. The van der Waals surface area contributed by atoms with Crippen molar-refractivity contribution in [2.24, 2.45) is 0 Å². The average molecular weight is 344 g/mol. The van der Waals surface area contributed by atoms with Crippen molar-refractivity contribution in [3.63, 3.8) is 0 Å². The molecule has 0 heterocycles. The number of carbonyl (C=O) groups is 2. The predicted molar refractivity (Wildman–Crippen MR) is 84.5 cm³/mol. The van der Waals surface area contributed by atoms with Crippen LogP contribution in [0.5, 0.6) is 0 Å². The number of nitrogens with one attached hydrogen (secondary N) is 1. The first-order valence-corrected chi connectivity index (χ1v) is 7.33. The van der Waals surface area contributed by atoms with Crippen LogP contribution in [0.1, 0.15) is 16.7 Å². The van der Waals surface area contributed by atoms with Crippen LogP contribution in [0.4, 0.5) is 8.78 Å². The van der Waals surface area contributed by atoms with Gasteiger partial charge >= 0.3 is 5.97 Å². The lowest BCUT2D eigenvalue weighted by molar-refractivity contribution is -0.141. The highest BCUT2D eigenvalue weighted by Gasteiger charge is 2.20. The number of halogens is 2. The number of nitriles is 1. The lowest BCUT2D eigenvalue weighted by Gasteiger charge is -2.15. The molecule has 0 saturated heterocycles. The molecule has 2 aromatic rings. The Morgan fingerprint density at radius 3 is 2.20 bits per heavy atom. The first kappa shape index (κ1) is 18.1. The monoisotopic (exact) mass is 344 g/mol. The van der Waals surface area contributed by atoms with Crippen molar-refractivity contribution in [2.75, 3.05) is 0 Å². The minimum Gasteiger partial charge on any atom is -0.480 e. The molecular weight excluding hydrogens is 330 g/mol.